The molecule has 0 bridgehead atoms. The zero-order valence-electron chi connectivity index (χ0n) is 14.1. The van der Waals surface area contributed by atoms with E-state index in [9.17, 15) is 0 Å². The van der Waals surface area contributed by atoms with Gasteiger partial charge in [0.05, 0.1) is 18.2 Å². The van der Waals surface area contributed by atoms with Crippen molar-refractivity contribution in [1.82, 2.24) is 5.32 Å². The van der Waals surface area contributed by atoms with E-state index in [1.54, 1.807) is 0 Å². The van der Waals surface area contributed by atoms with Gasteiger partial charge in [0, 0.05) is 17.8 Å². The SMILES string of the molecule is CC(=NC(C)C)Nc1ccc(CN=C(C)NC(C)C)cc1. The molecule has 0 aromatic heterocycles. The minimum atomic E-state index is 0.308. The molecule has 0 spiro atoms. The minimum absolute atomic E-state index is 0.308. The summed E-state index contributed by atoms with van der Waals surface area (Å²) in [7, 11) is 0. The van der Waals surface area contributed by atoms with Crippen LogP contribution in [0.4, 0.5) is 5.69 Å². The maximum absolute atomic E-state index is 4.53. The molecular weight excluding hydrogens is 260 g/mol. The lowest BCUT2D eigenvalue weighted by molar-refractivity contribution is 0.726. The highest BCUT2D eigenvalue weighted by Crippen LogP contribution is 2.11. The topological polar surface area (TPSA) is 48.8 Å². The Kier molecular flexibility index (Phi) is 6.92. The summed E-state index contributed by atoms with van der Waals surface area (Å²) in [5.74, 6) is 1.92. The molecule has 1 aromatic rings. The van der Waals surface area contributed by atoms with Gasteiger partial charge in [0.15, 0.2) is 0 Å². The maximum atomic E-state index is 4.53. The first-order chi connectivity index (χ1) is 9.86. The normalized spacial score (nSPS) is 13.0. The van der Waals surface area contributed by atoms with E-state index in [4.69, 9.17) is 0 Å². The molecule has 0 aliphatic heterocycles. The first-order valence-electron chi connectivity index (χ1n) is 7.54. The van der Waals surface area contributed by atoms with Crippen LogP contribution >= 0.6 is 0 Å². The molecule has 0 saturated carbocycles. The van der Waals surface area contributed by atoms with Gasteiger partial charge in [0.1, 0.15) is 0 Å². The number of hydrogen-bond acceptors (Lipinski definition) is 2. The Bertz CT molecular complexity index is 484. The summed E-state index contributed by atoms with van der Waals surface area (Å²) in [4.78, 5) is 8.98. The average Bonchev–Trinajstić information content (AvgIpc) is 2.36. The van der Waals surface area contributed by atoms with Gasteiger partial charge in [0.2, 0.25) is 0 Å². The van der Waals surface area contributed by atoms with Crippen LogP contribution in [-0.2, 0) is 6.54 Å². The van der Waals surface area contributed by atoms with Crippen molar-refractivity contribution in [3.05, 3.63) is 29.8 Å². The molecule has 0 heterocycles. The fraction of sp³-hybridized carbons (Fsp3) is 0.529. The van der Waals surface area contributed by atoms with Crippen molar-refractivity contribution in [1.29, 1.82) is 0 Å². The van der Waals surface area contributed by atoms with Crippen LogP contribution in [0.1, 0.15) is 47.1 Å². The van der Waals surface area contributed by atoms with Crippen molar-refractivity contribution in [3.63, 3.8) is 0 Å². The van der Waals surface area contributed by atoms with Gasteiger partial charge < -0.3 is 10.6 Å². The Labute approximate surface area is 128 Å². The van der Waals surface area contributed by atoms with Gasteiger partial charge in [-0.1, -0.05) is 12.1 Å². The fourth-order valence-electron chi connectivity index (χ4n) is 2.00. The molecular formula is C17H28N4. The van der Waals surface area contributed by atoms with E-state index in [2.05, 4.69) is 72.6 Å². The second-order valence-corrected chi connectivity index (χ2v) is 5.83. The molecule has 116 valence electrons. The number of amidine groups is 2. The highest BCUT2D eigenvalue weighted by molar-refractivity contribution is 5.93. The molecule has 0 radical (unpaired) electrons. The van der Waals surface area contributed by atoms with Gasteiger partial charge in [-0.25, -0.2) is 0 Å². The van der Waals surface area contributed by atoms with Crippen LogP contribution in [0.25, 0.3) is 0 Å². The zero-order valence-corrected chi connectivity index (χ0v) is 14.1. The highest BCUT2D eigenvalue weighted by Gasteiger charge is 1.98. The smallest absolute Gasteiger partial charge is 0.0978 e. The standard InChI is InChI=1S/C17H28N4/c1-12(2)19-14(5)18-11-16-7-9-17(10-8-16)21-15(6)20-13(3)4/h7-10,12-13H,11H2,1-6H3,(H,18,19)(H,20,21). The van der Waals surface area contributed by atoms with Gasteiger partial charge in [-0.15, -0.1) is 0 Å². The van der Waals surface area contributed by atoms with Crippen LogP contribution in [0, 0.1) is 0 Å². The first kappa shape index (κ1) is 17.2. The largest absolute Gasteiger partial charge is 0.372 e. The molecule has 0 aliphatic carbocycles. The molecule has 1 rings (SSSR count). The van der Waals surface area contributed by atoms with Crippen molar-refractivity contribution in [2.75, 3.05) is 5.32 Å². The van der Waals surface area contributed by atoms with Gasteiger partial charge in [-0.05, 0) is 59.2 Å². The molecule has 0 amide bonds. The maximum Gasteiger partial charge on any atom is 0.0978 e. The van der Waals surface area contributed by atoms with Gasteiger partial charge >= 0.3 is 0 Å². The lowest BCUT2D eigenvalue weighted by Gasteiger charge is -2.10. The van der Waals surface area contributed by atoms with E-state index in [1.165, 1.54) is 5.56 Å². The minimum Gasteiger partial charge on any atom is -0.372 e. The van der Waals surface area contributed by atoms with Crippen LogP contribution in [-0.4, -0.2) is 23.8 Å². The zero-order chi connectivity index (χ0) is 15.8. The number of rotatable bonds is 5. The van der Waals surface area contributed by atoms with Crippen molar-refractivity contribution in [3.8, 4) is 0 Å². The summed E-state index contributed by atoms with van der Waals surface area (Å²) in [5.41, 5.74) is 2.26. The van der Waals surface area contributed by atoms with Crippen LogP contribution < -0.4 is 10.6 Å². The molecule has 4 nitrogen and oxygen atoms in total. The van der Waals surface area contributed by atoms with Crippen molar-refractivity contribution in [2.24, 2.45) is 9.98 Å². The quantitative estimate of drug-likeness (QED) is 0.639. The van der Waals surface area contributed by atoms with Gasteiger partial charge in [-0.2, -0.15) is 0 Å². The second kappa shape index (κ2) is 8.45. The van der Waals surface area contributed by atoms with Gasteiger partial charge in [-0.3, -0.25) is 9.98 Å². The molecule has 0 fully saturated rings. The molecule has 0 aliphatic rings. The third-order valence-corrected chi connectivity index (χ3v) is 2.73. The van der Waals surface area contributed by atoms with E-state index >= 15 is 0 Å². The van der Waals surface area contributed by atoms with Crippen molar-refractivity contribution >= 4 is 17.4 Å². The van der Waals surface area contributed by atoms with E-state index < -0.39 is 0 Å². The van der Waals surface area contributed by atoms with Crippen LogP contribution in [0.3, 0.4) is 0 Å². The summed E-state index contributed by atoms with van der Waals surface area (Å²) < 4.78 is 0. The molecule has 21 heavy (non-hydrogen) atoms. The lowest BCUT2D eigenvalue weighted by Crippen LogP contribution is -2.27. The Morgan fingerprint density at radius 3 is 2.14 bits per heavy atom. The Morgan fingerprint density at radius 1 is 1.00 bits per heavy atom. The third-order valence-electron chi connectivity index (χ3n) is 2.73. The van der Waals surface area contributed by atoms with Crippen LogP contribution in [0.5, 0.6) is 0 Å². The molecule has 2 N–H and O–H groups in total. The van der Waals surface area contributed by atoms with Crippen LogP contribution in [0.15, 0.2) is 34.3 Å². The molecule has 0 atom stereocenters. The lowest BCUT2D eigenvalue weighted by atomic mass is 10.2. The van der Waals surface area contributed by atoms with Gasteiger partial charge in [0.25, 0.3) is 0 Å². The second-order valence-electron chi connectivity index (χ2n) is 5.83. The van der Waals surface area contributed by atoms with Crippen molar-refractivity contribution < 1.29 is 0 Å². The predicted molar refractivity (Wildman–Crippen MR) is 93.4 cm³/mol. The first-order valence-corrected chi connectivity index (χ1v) is 7.54. The number of aliphatic imine (C=N–C) groups is 2. The summed E-state index contributed by atoms with van der Waals surface area (Å²) in [5, 5.41) is 6.58. The number of nitrogens with one attached hydrogen (secondary N) is 2. The Hall–Kier alpha value is -1.84. The molecule has 0 unspecified atom stereocenters. The van der Waals surface area contributed by atoms with E-state index in [-0.39, 0.29) is 0 Å². The number of benzene rings is 1. The highest BCUT2D eigenvalue weighted by atomic mass is 15.0. The number of nitrogens with zero attached hydrogens (tertiary/aromatic N) is 2. The summed E-state index contributed by atoms with van der Waals surface area (Å²) in [6, 6.07) is 9.05. The Morgan fingerprint density at radius 2 is 1.62 bits per heavy atom. The monoisotopic (exact) mass is 288 g/mol. The van der Waals surface area contributed by atoms with Crippen molar-refractivity contribution in [2.45, 2.75) is 60.2 Å². The van der Waals surface area contributed by atoms with E-state index in [0.717, 1.165) is 17.4 Å². The summed E-state index contributed by atoms with van der Waals surface area (Å²) >= 11 is 0. The van der Waals surface area contributed by atoms with E-state index in [0.29, 0.717) is 18.6 Å². The number of hydrogen-bond donors (Lipinski definition) is 2. The van der Waals surface area contributed by atoms with E-state index in [1.807, 2.05) is 13.8 Å². The predicted octanol–water partition coefficient (Wildman–Crippen LogP) is 3.84. The molecule has 4 heteroatoms. The Balaban J connectivity index is 2.58. The summed E-state index contributed by atoms with van der Waals surface area (Å²) in [6.07, 6.45) is 0. The number of anilines is 1. The average molecular weight is 288 g/mol. The van der Waals surface area contributed by atoms with Crippen LogP contribution in [0.2, 0.25) is 0 Å². The third kappa shape index (κ3) is 7.49. The summed E-state index contributed by atoms with van der Waals surface area (Å²) in [6.45, 7) is 13.0. The fourth-order valence-corrected chi connectivity index (χ4v) is 2.00. The molecule has 0 saturated heterocycles. The molecule has 1 aromatic carbocycles.